The summed E-state index contributed by atoms with van der Waals surface area (Å²) in [4.78, 5) is 4.59. The topological polar surface area (TPSA) is 49.3 Å². The van der Waals surface area contributed by atoms with Gasteiger partial charge in [0, 0.05) is 0 Å². The van der Waals surface area contributed by atoms with E-state index >= 15 is 0 Å². The van der Waals surface area contributed by atoms with Crippen LogP contribution in [0.3, 0.4) is 0 Å². The van der Waals surface area contributed by atoms with Crippen molar-refractivity contribution in [2.24, 2.45) is 4.99 Å². The molecule has 8 heteroatoms. The zero-order chi connectivity index (χ0) is 26.4. The average Bonchev–Trinajstić information content (AvgIpc) is 3.37. The van der Waals surface area contributed by atoms with Crippen molar-refractivity contribution in [3.63, 3.8) is 0 Å². The van der Waals surface area contributed by atoms with E-state index in [9.17, 15) is 0 Å². The molecule has 3 aromatic carbocycles. The number of fused-ring (bicyclic) bond motifs is 1. The van der Waals surface area contributed by atoms with Gasteiger partial charge >= 0.3 is 0 Å². The minimum absolute atomic E-state index is 0.0512. The Labute approximate surface area is 237 Å². The molecule has 0 N–H and O–H groups in total. The van der Waals surface area contributed by atoms with Crippen LogP contribution >= 0.6 is 34.8 Å². The molecule has 4 atom stereocenters. The molecular weight excluding hydrogens is 545 g/mol. The van der Waals surface area contributed by atoms with Crippen LogP contribution < -0.4 is 0 Å². The van der Waals surface area contributed by atoms with Crippen LogP contribution in [0.1, 0.15) is 16.7 Å². The summed E-state index contributed by atoms with van der Waals surface area (Å²) in [6.45, 7) is 1.56. The van der Waals surface area contributed by atoms with E-state index in [4.69, 9.17) is 53.8 Å². The third-order valence-electron chi connectivity index (χ3n) is 6.40. The first-order valence-electron chi connectivity index (χ1n) is 12.4. The number of nitrogens with zero attached hydrogens (tertiary/aromatic N) is 1. The number of alkyl halides is 3. The van der Waals surface area contributed by atoms with Crippen LogP contribution in [-0.2, 0) is 38.8 Å². The van der Waals surface area contributed by atoms with Gasteiger partial charge in [-0.05, 0) is 22.3 Å². The van der Waals surface area contributed by atoms with Gasteiger partial charge in [0.2, 0.25) is 5.90 Å². The fourth-order valence-electron chi connectivity index (χ4n) is 4.57. The van der Waals surface area contributed by atoms with Gasteiger partial charge in [-0.3, -0.25) is 0 Å². The molecule has 0 radical (unpaired) electrons. The molecule has 5 rings (SSSR count). The second kappa shape index (κ2) is 12.6. The fraction of sp³-hybridized carbons (Fsp3) is 0.300. The van der Waals surface area contributed by atoms with Gasteiger partial charge in [0.1, 0.15) is 18.2 Å². The summed E-state index contributed by atoms with van der Waals surface area (Å²) in [5.74, 6) is 0.0512. The molecule has 198 valence electrons. The highest BCUT2D eigenvalue weighted by atomic mass is 35.6. The molecule has 0 aromatic heterocycles. The van der Waals surface area contributed by atoms with E-state index in [0.29, 0.717) is 26.4 Å². The van der Waals surface area contributed by atoms with E-state index in [1.807, 2.05) is 97.1 Å². The van der Waals surface area contributed by atoms with E-state index in [2.05, 4.69) is 4.99 Å². The molecule has 0 amide bonds. The first-order valence-corrected chi connectivity index (χ1v) is 13.6. The third-order valence-corrected chi connectivity index (χ3v) is 6.89. The first kappa shape index (κ1) is 27.2. The average molecular weight is 573 g/mol. The summed E-state index contributed by atoms with van der Waals surface area (Å²) in [5.41, 5.74) is 4.07. The van der Waals surface area contributed by atoms with Crippen molar-refractivity contribution in [2.45, 2.75) is 48.0 Å². The lowest BCUT2D eigenvalue weighted by Gasteiger charge is -2.38. The molecule has 0 bridgehead atoms. The molecule has 0 fully saturated rings. The van der Waals surface area contributed by atoms with Crippen molar-refractivity contribution >= 4 is 40.7 Å². The Morgan fingerprint density at radius 3 is 1.76 bits per heavy atom. The predicted octanol–water partition coefficient (Wildman–Crippen LogP) is 6.85. The minimum atomic E-state index is -1.78. The molecule has 5 nitrogen and oxygen atoms in total. The summed E-state index contributed by atoms with van der Waals surface area (Å²) in [6, 6.07) is 29.6. The molecule has 38 heavy (non-hydrogen) atoms. The number of benzene rings is 3. The summed E-state index contributed by atoms with van der Waals surface area (Å²) in [6.07, 6.45) is 0.513. The zero-order valence-electron chi connectivity index (χ0n) is 20.6. The highest BCUT2D eigenvalue weighted by molar-refractivity contribution is 6.76. The lowest BCUT2D eigenvalue weighted by Crippen LogP contribution is -2.51. The molecule has 3 aromatic rings. The molecule has 1 aliphatic carbocycles. The van der Waals surface area contributed by atoms with E-state index in [0.717, 1.165) is 22.3 Å². The Bertz CT molecular complexity index is 1230. The van der Waals surface area contributed by atoms with Crippen LogP contribution in [-0.4, -0.2) is 40.7 Å². The molecule has 0 spiro atoms. The Morgan fingerprint density at radius 1 is 0.684 bits per heavy atom. The van der Waals surface area contributed by atoms with Crippen molar-refractivity contribution in [1.82, 2.24) is 0 Å². The first-order chi connectivity index (χ1) is 18.5. The summed E-state index contributed by atoms with van der Waals surface area (Å²) < 4.78 is 23.4. The van der Waals surface area contributed by atoms with E-state index in [-0.39, 0.29) is 5.90 Å². The molecule has 0 saturated heterocycles. The molecular formula is C30H28Cl3NO4. The quantitative estimate of drug-likeness (QED) is 0.197. The smallest absolute Gasteiger partial charge is 0.266 e. The van der Waals surface area contributed by atoms with Crippen molar-refractivity contribution in [1.29, 1.82) is 0 Å². The number of hydrogen-bond acceptors (Lipinski definition) is 5. The van der Waals surface area contributed by atoms with Gasteiger partial charge in [-0.2, -0.15) is 0 Å². The fourth-order valence-corrected chi connectivity index (χ4v) is 4.85. The van der Waals surface area contributed by atoms with Gasteiger partial charge in [-0.15, -0.1) is 0 Å². The second-order valence-electron chi connectivity index (χ2n) is 9.20. The SMILES string of the molecule is ClC(Cl)(Cl)C1=N[C@@H]2C=C(COCc3ccccc3)[C@@H](OCc3ccccc3)[C@H](OCc3ccccc3)[C@@H]2O1. The number of aliphatic imine (C=N–C) groups is 1. The van der Waals surface area contributed by atoms with Crippen LogP contribution in [0.5, 0.6) is 0 Å². The van der Waals surface area contributed by atoms with Crippen molar-refractivity contribution < 1.29 is 18.9 Å². The Balaban J connectivity index is 1.40. The van der Waals surface area contributed by atoms with Crippen molar-refractivity contribution in [3.05, 3.63) is 119 Å². The summed E-state index contributed by atoms with van der Waals surface area (Å²) in [7, 11) is 0. The predicted molar refractivity (Wildman–Crippen MR) is 151 cm³/mol. The third kappa shape index (κ3) is 6.97. The Morgan fingerprint density at radius 2 is 1.21 bits per heavy atom. The van der Waals surface area contributed by atoms with Crippen LogP contribution in [0.2, 0.25) is 0 Å². The van der Waals surface area contributed by atoms with Gasteiger partial charge in [-0.25, -0.2) is 4.99 Å². The zero-order valence-corrected chi connectivity index (χ0v) is 22.9. The van der Waals surface area contributed by atoms with Crippen LogP contribution in [0, 0.1) is 0 Å². The summed E-state index contributed by atoms with van der Waals surface area (Å²) >= 11 is 18.4. The van der Waals surface area contributed by atoms with Gasteiger partial charge in [0.05, 0.1) is 26.4 Å². The largest absolute Gasteiger partial charge is 0.469 e. The maximum Gasteiger partial charge on any atom is 0.266 e. The molecule has 2 aliphatic rings. The Kier molecular flexibility index (Phi) is 9.05. The van der Waals surface area contributed by atoms with Gasteiger partial charge in [-0.1, -0.05) is 132 Å². The van der Waals surface area contributed by atoms with E-state index < -0.39 is 28.1 Å². The number of halogens is 3. The highest BCUT2D eigenvalue weighted by Gasteiger charge is 2.50. The monoisotopic (exact) mass is 571 g/mol. The number of hydrogen-bond donors (Lipinski definition) is 0. The molecule has 1 heterocycles. The second-order valence-corrected chi connectivity index (χ2v) is 11.5. The number of ether oxygens (including phenoxy) is 4. The van der Waals surface area contributed by atoms with Gasteiger partial charge < -0.3 is 18.9 Å². The van der Waals surface area contributed by atoms with Gasteiger partial charge in [0.15, 0.2) is 6.10 Å². The van der Waals surface area contributed by atoms with Crippen molar-refractivity contribution in [2.75, 3.05) is 6.61 Å². The van der Waals surface area contributed by atoms with E-state index in [1.54, 1.807) is 0 Å². The maximum atomic E-state index is 6.51. The molecule has 0 unspecified atom stereocenters. The van der Waals surface area contributed by atoms with Gasteiger partial charge in [0.25, 0.3) is 3.79 Å². The summed E-state index contributed by atoms with van der Waals surface area (Å²) in [5, 5.41) is 0. The van der Waals surface area contributed by atoms with Crippen LogP contribution in [0.4, 0.5) is 0 Å². The molecule has 0 saturated carbocycles. The normalized spacial score (nSPS) is 22.8. The maximum absolute atomic E-state index is 6.51. The minimum Gasteiger partial charge on any atom is -0.469 e. The number of rotatable bonds is 10. The van der Waals surface area contributed by atoms with E-state index in [1.165, 1.54) is 0 Å². The van der Waals surface area contributed by atoms with Crippen molar-refractivity contribution in [3.8, 4) is 0 Å². The Hall–Kier alpha value is -2.38. The lowest BCUT2D eigenvalue weighted by molar-refractivity contribution is -0.122. The van der Waals surface area contributed by atoms with Crippen LogP contribution in [0.25, 0.3) is 0 Å². The standard InChI is InChI=1S/C30H28Cl3NO4/c31-30(32,33)29-34-25-16-24(20-35-17-21-10-4-1-5-11-21)26(36-18-22-12-6-2-7-13-22)28(27(25)38-29)37-19-23-14-8-3-9-15-23/h1-16,25-28H,17-20H2/t25-,26-,27-,28+/m1/s1. The van der Waals surface area contributed by atoms with Crippen LogP contribution in [0.15, 0.2) is 108 Å². The lowest BCUT2D eigenvalue weighted by atomic mass is 9.88. The highest BCUT2D eigenvalue weighted by Crippen LogP contribution is 2.39. The molecule has 1 aliphatic heterocycles.